The van der Waals surface area contributed by atoms with Crippen molar-refractivity contribution >= 4 is 0 Å². The average molecular weight is 241 g/mol. The van der Waals surface area contributed by atoms with E-state index in [2.05, 4.69) is 6.07 Å². The molecular formula is C16H17O2. The molecule has 2 heteroatoms. The summed E-state index contributed by atoms with van der Waals surface area (Å²) in [7, 11) is 0. The van der Waals surface area contributed by atoms with Gasteiger partial charge in [0.1, 0.15) is 18.1 Å². The van der Waals surface area contributed by atoms with Crippen molar-refractivity contribution in [2.24, 2.45) is 0 Å². The maximum atomic E-state index is 5.68. The van der Waals surface area contributed by atoms with E-state index in [9.17, 15) is 0 Å². The first-order chi connectivity index (χ1) is 8.90. The summed E-state index contributed by atoms with van der Waals surface area (Å²) >= 11 is 0. The maximum absolute atomic E-state index is 5.68. The van der Waals surface area contributed by atoms with Gasteiger partial charge >= 0.3 is 0 Å². The molecule has 0 spiro atoms. The van der Waals surface area contributed by atoms with Crippen molar-refractivity contribution in [3.8, 4) is 11.5 Å². The normalized spacial score (nSPS) is 10.1. The second kappa shape index (κ2) is 6.70. The van der Waals surface area contributed by atoms with Gasteiger partial charge in [0.15, 0.2) is 0 Å². The van der Waals surface area contributed by atoms with Gasteiger partial charge in [-0.1, -0.05) is 36.4 Å². The lowest BCUT2D eigenvalue weighted by atomic mass is 10.1. The molecule has 2 aromatic carbocycles. The highest BCUT2D eigenvalue weighted by molar-refractivity contribution is 5.33. The Labute approximate surface area is 108 Å². The molecule has 2 nitrogen and oxygen atoms in total. The van der Waals surface area contributed by atoms with Crippen LogP contribution in [0, 0.1) is 6.61 Å². The van der Waals surface area contributed by atoms with Crippen LogP contribution in [0.1, 0.15) is 12.5 Å². The van der Waals surface area contributed by atoms with Gasteiger partial charge in [-0.05, 0) is 30.7 Å². The number of rotatable bonds is 6. The summed E-state index contributed by atoms with van der Waals surface area (Å²) in [5.74, 6) is 1.80. The summed E-state index contributed by atoms with van der Waals surface area (Å²) < 4.78 is 11.1. The zero-order chi connectivity index (χ0) is 12.6. The van der Waals surface area contributed by atoms with Crippen LogP contribution in [0.25, 0.3) is 0 Å². The number of ether oxygens (including phenoxy) is 2. The van der Waals surface area contributed by atoms with Gasteiger partial charge in [-0.3, -0.25) is 0 Å². The number of benzene rings is 2. The molecule has 0 N–H and O–H groups in total. The fourth-order valence-electron chi connectivity index (χ4n) is 1.75. The summed E-state index contributed by atoms with van der Waals surface area (Å²) in [6.45, 7) is 4.21. The summed E-state index contributed by atoms with van der Waals surface area (Å²) in [6.07, 6.45) is 0.832. The lowest BCUT2D eigenvalue weighted by molar-refractivity contribution is 0.318. The second-order valence-electron chi connectivity index (χ2n) is 3.87. The Kier molecular flexibility index (Phi) is 4.65. The average Bonchev–Trinajstić information content (AvgIpc) is 2.42. The molecule has 0 bridgehead atoms. The van der Waals surface area contributed by atoms with Crippen molar-refractivity contribution in [2.45, 2.75) is 13.3 Å². The van der Waals surface area contributed by atoms with Crippen LogP contribution in [-0.2, 0) is 6.42 Å². The van der Waals surface area contributed by atoms with E-state index in [0.717, 1.165) is 23.5 Å². The molecule has 0 saturated heterocycles. The fourth-order valence-corrected chi connectivity index (χ4v) is 1.75. The number of para-hydroxylation sites is 2. The van der Waals surface area contributed by atoms with Crippen LogP contribution in [0.3, 0.4) is 0 Å². The first kappa shape index (κ1) is 12.5. The molecule has 0 aliphatic heterocycles. The smallest absolute Gasteiger partial charge is 0.132 e. The number of hydrogen-bond donors (Lipinski definition) is 0. The van der Waals surface area contributed by atoms with Crippen molar-refractivity contribution < 1.29 is 9.47 Å². The third kappa shape index (κ3) is 3.52. The van der Waals surface area contributed by atoms with E-state index in [1.165, 1.54) is 0 Å². The van der Waals surface area contributed by atoms with Gasteiger partial charge in [0, 0.05) is 6.42 Å². The van der Waals surface area contributed by atoms with E-state index in [1.807, 2.05) is 55.5 Å². The highest BCUT2D eigenvalue weighted by Gasteiger charge is 2.02. The minimum absolute atomic E-state index is 0.647. The molecule has 0 heterocycles. The van der Waals surface area contributed by atoms with Crippen LogP contribution in [0.2, 0.25) is 0 Å². The highest BCUT2D eigenvalue weighted by Crippen LogP contribution is 2.19. The first-order valence-electron chi connectivity index (χ1n) is 6.10. The molecule has 0 amide bonds. The van der Waals surface area contributed by atoms with Gasteiger partial charge in [0.2, 0.25) is 0 Å². The molecule has 2 rings (SSSR count). The van der Waals surface area contributed by atoms with E-state index in [1.54, 1.807) is 6.61 Å². The van der Waals surface area contributed by atoms with Crippen LogP contribution in [-0.4, -0.2) is 6.61 Å². The first-order valence-corrected chi connectivity index (χ1v) is 6.10. The van der Waals surface area contributed by atoms with Crippen molar-refractivity contribution in [1.29, 1.82) is 0 Å². The summed E-state index contributed by atoms with van der Waals surface area (Å²) in [4.78, 5) is 0. The largest absolute Gasteiger partial charge is 0.493 e. The molecule has 2 aromatic rings. The zero-order valence-electron chi connectivity index (χ0n) is 10.5. The molecule has 0 aliphatic rings. The van der Waals surface area contributed by atoms with Gasteiger partial charge in [0.25, 0.3) is 0 Å². The molecule has 0 unspecified atom stereocenters. The molecule has 0 fully saturated rings. The van der Waals surface area contributed by atoms with Gasteiger partial charge in [0.05, 0.1) is 6.61 Å². The molecule has 0 saturated carbocycles. The third-order valence-corrected chi connectivity index (χ3v) is 2.60. The van der Waals surface area contributed by atoms with E-state index in [-0.39, 0.29) is 0 Å². The lowest BCUT2D eigenvalue weighted by Crippen LogP contribution is -2.02. The minimum atomic E-state index is 0.647. The Morgan fingerprint density at radius 3 is 2.44 bits per heavy atom. The Bertz CT molecular complexity index is 466. The van der Waals surface area contributed by atoms with Crippen LogP contribution in [0.15, 0.2) is 54.6 Å². The molecule has 93 valence electrons. The quantitative estimate of drug-likeness (QED) is 0.764. The van der Waals surface area contributed by atoms with Crippen molar-refractivity contribution in [3.05, 3.63) is 66.8 Å². The summed E-state index contributed by atoms with van der Waals surface area (Å²) in [5.41, 5.74) is 1.16. The van der Waals surface area contributed by atoms with Gasteiger partial charge in [-0.2, -0.15) is 0 Å². The highest BCUT2D eigenvalue weighted by atomic mass is 16.5. The predicted octanol–water partition coefficient (Wildman–Crippen LogP) is 3.87. The Balaban J connectivity index is 1.90. The van der Waals surface area contributed by atoms with Gasteiger partial charge in [-0.25, -0.2) is 0 Å². The van der Waals surface area contributed by atoms with E-state index < -0.39 is 0 Å². The van der Waals surface area contributed by atoms with Crippen LogP contribution < -0.4 is 9.47 Å². The number of hydrogen-bond acceptors (Lipinski definition) is 2. The van der Waals surface area contributed by atoms with E-state index in [0.29, 0.717) is 6.61 Å². The van der Waals surface area contributed by atoms with E-state index >= 15 is 0 Å². The minimum Gasteiger partial charge on any atom is -0.493 e. The van der Waals surface area contributed by atoms with Crippen molar-refractivity contribution in [3.63, 3.8) is 0 Å². The van der Waals surface area contributed by atoms with Gasteiger partial charge in [-0.15, -0.1) is 0 Å². The predicted molar refractivity (Wildman–Crippen MR) is 72.7 cm³/mol. The summed E-state index contributed by atoms with van der Waals surface area (Å²) in [6, 6.07) is 17.9. The lowest BCUT2D eigenvalue weighted by Gasteiger charge is -2.10. The SMILES string of the molecule is C[CH]Oc1ccccc1CCOc1ccccc1. The van der Waals surface area contributed by atoms with Crippen molar-refractivity contribution in [1.82, 2.24) is 0 Å². The van der Waals surface area contributed by atoms with Gasteiger partial charge < -0.3 is 9.47 Å². The fraction of sp³-hybridized carbons (Fsp3) is 0.188. The molecule has 0 atom stereocenters. The molecule has 0 aromatic heterocycles. The monoisotopic (exact) mass is 241 g/mol. The van der Waals surface area contributed by atoms with Crippen LogP contribution >= 0.6 is 0 Å². The Morgan fingerprint density at radius 1 is 0.944 bits per heavy atom. The summed E-state index contributed by atoms with van der Waals surface area (Å²) in [5, 5.41) is 0. The maximum Gasteiger partial charge on any atom is 0.132 e. The second-order valence-corrected chi connectivity index (χ2v) is 3.87. The standard InChI is InChI=1S/C16H17O2/c1-2-17-16-11-7-6-8-14(16)12-13-18-15-9-4-3-5-10-15/h2-11H,12-13H2,1H3. The molecule has 18 heavy (non-hydrogen) atoms. The third-order valence-electron chi connectivity index (χ3n) is 2.60. The van der Waals surface area contributed by atoms with E-state index in [4.69, 9.17) is 9.47 Å². The Hall–Kier alpha value is -1.96. The zero-order valence-corrected chi connectivity index (χ0v) is 10.5. The molecular weight excluding hydrogens is 224 g/mol. The molecule has 1 radical (unpaired) electrons. The van der Waals surface area contributed by atoms with Crippen molar-refractivity contribution in [2.75, 3.05) is 6.61 Å². The topological polar surface area (TPSA) is 18.5 Å². The van der Waals surface area contributed by atoms with Crippen LogP contribution in [0.5, 0.6) is 11.5 Å². The molecule has 0 aliphatic carbocycles. The Morgan fingerprint density at radius 2 is 1.67 bits per heavy atom. The van der Waals surface area contributed by atoms with Crippen LogP contribution in [0.4, 0.5) is 0 Å².